The van der Waals surface area contributed by atoms with Crippen molar-refractivity contribution in [3.8, 4) is 22.5 Å². The first-order chi connectivity index (χ1) is 12.8. The number of fused-ring (bicyclic) bond motifs is 3. The van der Waals surface area contributed by atoms with E-state index in [1.54, 1.807) is 10.8 Å². The van der Waals surface area contributed by atoms with Crippen molar-refractivity contribution in [2.75, 3.05) is 0 Å². The van der Waals surface area contributed by atoms with Crippen molar-refractivity contribution >= 4 is 16.7 Å². The lowest BCUT2D eigenvalue weighted by Crippen LogP contribution is -1.90. The van der Waals surface area contributed by atoms with Crippen LogP contribution in [-0.2, 0) is 6.42 Å². The summed E-state index contributed by atoms with van der Waals surface area (Å²) < 4.78 is 7.93. The Balaban J connectivity index is 1.93. The molecule has 0 fully saturated rings. The molecule has 5 nitrogen and oxygen atoms in total. The second-order valence-electron chi connectivity index (χ2n) is 6.11. The highest BCUT2D eigenvalue weighted by Gasteiger charge is 2.22. The molecule has 0 radical (unpaired) electrons. The van der Waals surface area contributed by atoms with Crippen molar-refractivity contribution in [3.63, 3.8) is 0 Å². The minimum Gasteiger partial charge on any atom is -0.437 e. The molecule has 0 aliphatic heterocycles. The number of aryl methyl sites for hydroxylation is 1. The average Bonchev–Trinajstić information content (AvgIpc) is 3.30. The molecule has 0 saturated heterocycles. The third-order valence-electron chi connectivity index (χ3n) is 4.49. The summed E-state index contributed by atoms with van der Waals surface area (Å²) in [7, 11) is 0. The van der Waals surface area contributed by atoms with E-state index in [0.29, 0.717) is 5.71 Å². The van der Waals surface area contributed by atoms with Gasteiger partial charge in [-0.25, -0.2) is 14.5 Å². The molecule has 126 valence electrons. The van der Waals surface area contributed by atoms with E-state index in [1.165, 1.54) is 0 Å². The third-order valence-corrected chi connectivity index (χ3v) is 4.49. The molecular formula is C21H16N4O. The van der Waals surface area contributed by atoms with Crippen LogP contribution in [0.5, 0.6) is 0 Å². The molecule has 0 spiro atoms. The van der Waals surface area contributed by atoms with Crippen LogP contribution in [-0.4, -0.2) is 19.6 Å². The van der Waals surface area contributed by atoms with Gasteiger partial charge in [0.05, 0.1) is 5.39 Å². The van der Waals surface area contributed by atoms with Gasteiger partial charge >= 0.3 is 0 Å². The van der Waals surface area contributed by atoms with Gasteiger partial charge in [0, 0.05) is 17.5 Å². The van der Waals surface area contributed by atoms with Crippen LogP contribution in [0, 0.1) is 0 Å². The number of hydrogen-bond acceptors (Lipinski definition) is 4. The quantitative estimate of drug-likeness (QED) is 0.475. The van der Waals surface area contributed by atoms with Crippen LogP contribution >= 0.6 is 0 Å². The van der Waals surface area contributed by atoms with Crippen LogP contribution in [0.4, 0.5) is 0 Å². The molecule has 0 unspecified atom stereocenters. The Labute approximate surface area is 149 Å². The lowest BCUT2D eigenvalue weighted by Gasteiger charge is -2.03. The number of aromatic nitrogens is 4. The van der Waals surface area contributed by atoms with Crippen LogP contribution in [0.25, 0.3) is 39.2 Å². The predicted molar refractivity (Wildman–Crippen MR) is 101 cm³/mol. The summed E-state index contributed by atoms with van der Waals surface area (Å²) >= 11 is 0. The summed E-state index contributed by atoms with van der Waals surface area (Å²) in [5, 5.41) is 5.39. The minimum absolute atomic E-state index is 0.574. The van der Waals surface area contributed by atoms with E-state index in [0.717, 1.165) is 45.7 Å². The number of furan rings is 1. The first kappa shape index (κ1) is 14.8. The fraction of sp³-hybridized carbons (Fsp3) is 0.0952. The molecule has 0 bridgehead atoms. The van der Waals surface area contributed by atoms with Gasteiger partial charge in [0.25, 0.3) is 0 Å². The molecule has 26 heavy (non-hydrogen) atoms. The molecule has 5 heteroatoms. The summed E-state index contributed by atoms with van der Waals surface area (Å²) in [6.45, 7) is 2.04. The zero-order chi connectivity index (χ0) is 17.5. The molecule has 0 amide bonds. The number of rotatable bonds is 3. The van der Waals surface area contributed by atoms with Gasteiger partial charge < -0.3 is 4.42 Å². The first-order valence-corrected chi connectivity index (χ1v) is 8.62. The Morgan fingerprint density at radius 2 is 1.62 bits per heavy atom. The maximum Gasteiger partial charge on any atom is 0.232 e. The lowest BCUT2D eigenvalue weighted by molar-refractivity contribution is 0.617. The highest BCUT2D eigenvalue weighted by atomic mass is 16.3. The van der Waals surface area contributed by atoms with Crippen molar-refractivity contribution in [2.24, 2.45) is 0 Å². The van der Waals surface area contributed by atoms with Crippen LogP contribution in [0.1, 0.15) is 12.7 Å². The maximum absolute atomic E-state index is 6.20. The van der Waals surface area contributed by atoms with E-state index in [2.05, 4.69) is 22.2 Å². The minimum atomic E-state index is 0.574. The molecule has 5 rings (SSSR count). The number of nitrogens with zero attached hydrogens (tertiary/aromatic N) is 4. The Kier molecular flexibility index (Phi) is 3.31. The number of benzene rings is 2. The Morgan fingerprint density at radius 1 is 0.923 bits per heavy atom. The third kappa shape index (κ3) is 2.21. The lowest BCUT2D eigenvalue weighted by atomic mass is 9.99. The van der Waals surface area contributed by atoms with Crippen LogP contribution < -0.4 is 0 Å². The molecule has 3 aromatic heterocycles. The van der Waals surface area contributed by atoms with Gasteiger partial charge in [-0.2, -0.15) is 0 Å². The van der Waals surface area contributed by atoms with Gasteiger partial charge in [-0.15, -0.1) is 5.10 Å². The molecule has 5 aromatic rings. The zero-order valence-electron chi connectivity index (χ0n) is 14.3. The summed E-state index contributed by atoms with van der Waals surface area (Å²) in [6, 6.07) is 20.3. The van der Waals surface area contributed by atoms with Crippen molar-refractivity contribution in [3.05, 3.63) is 72.8 Å². The Bertz CT molecular complexity index is 1210. The summed E-state index contributed by atoms with van der Waals surface area (Å²) in [5.41, 5.74) is 4.43. The van der Waals surface area contributed by atoms with E-state index in [4.69, 9.17) is 9.40 Å². The van der Waals surface area contributed by atoms with Crippen LogP contribution in [0.15, 0.2) is 71.4 Å². The summed E-state index contributed by atoms with van der Waals surface area (Å²) in [4.78, 5) is 9.19. The SMILES string of the molecule is CCc1nc2c3c(-c4ccccc4)c(-c4ccccc4)oc3ncn2n1. The van der Waals surface area contributed by atoms with E-state index >= 15 is 0 Å². The van der Waals surface area contributed by atoms with Gasteiger partial charge in [-0.3, -0.25) is 0 Å². The van der Waals surface area contributed by atoms with Crippen molar-refractivity contribution < 1.29 is 4.42 Å². The normalized spacial score (nSPS) is 11.4. The average molecular weight is 340 g/mol. The summed E-state index contributed by atoms with van der Waals surface area (Å²) in [5.74, 6) is 1.59. The highest BCUT2D eigenvalue weighted by Crippen LogP contribution is 2.41. The van der Waals surface area contributed by atoms with Crippen LogP contribution in [0.2, 0.25) is 0 Å². The van der Waals surface area contributed by atoms with Gasteiger partial charge in [-0.1, -0.05) is 67.6 Å². The largest absolute Gasteiger partial charge is 0.437 e. The van der Waals surface area contributed by atoms with Gasteiger partial charge in [0.2, 0.25) is 5.71 Å². The Hall–Kier alpha value is -3.47. The predicted octanol–water partition coefficient (Wildman–Crippen LogP) is 4.77. The molecule has 0 aliphatic rings. The molecule has 2 aromatic carbocycles. The first-order valence-electron chi connectivity index (χ1n) is 8.62. The van der Waals surface area contributed by atoms with Crippen molar-refractivity contribution in [2.45, 2.75) is 13.3 Å². The molecule has 0 saturated carbocycles. The van der Waals surface area contributed by atoms with Crippen molar-refractivity contribution in [1.82, 2.24) is 19.6 Å². The maximum atomic E-state index is 6.20. The summed E-state index contributed by atoms with van der Waals surface area (Å²) in [6.07, 6.45) is 2.43. The topological polar surface area (TPSA) is 56.2 Å². The highest BCUT2D eigenvalue weighted by molar-refractivity contribution is 6.07. The van der Waals surface area contributed by atoms with E-state index in [1.807, 2.05) is 55.5 Å². The molecular weight excluding hydrogens is 324 g/mol. The monoisotopic (exact) mass is 340 g/mol. The molecule has 0 N–H and O–H groups in total. The molecule has 3 heterocycles. The van der Waals surface area contributed by atoms with Gasteiger partial charge in [0.15, 0.2) is 11.5 Å². The van der Waals surface area contributed by atoms with E-state index in [-0.39, 0.29) is 0 Å². The fourth-order valence-electron chi connectivity index (χ4n) is 3.27. The Morgan fingerprint density at radius 3 is 2.31 bits per heavy atom. The van der Waals surface area contributed by atoms with E-state index in [9.17, 15) is 0 Å². The zero-order valence-corrected chi connectivity index (χ0v) is 14.3. The smallest absolute Gasteiger partial charge is 0.232 e. The molecule has 0 aliphatic carbocycles. The second-order valence-corrected chi connectivity index (χ2v) is 6.11. The van der Waals surface area contributed by atoms with Gasteiger partial charge in [-0.05, 0) is 5.56 Å². The fourth-order valence-corrected chi connectivity index (χ4v) is 3.27. The van der Waals surface area contributed by atoms with Crippen LogP contribution in [0.3, 0.4) is 0 Å². The number of hydrogen-bond donors (Lipinski definition) is 0. The standard InChI is InChI=1S/C21H16N4O/c1-2-16-23-20-18-17(14-9-5-3-6-10-14)19(15-11-7-4-8-12-15)26-21(18)22-13-25(20)24-16/h3-13H,2H2,1H3. The van der Waals surface area contributed by atoms with E-state index < -0.39 is 0 Å². The van der Waals surface area contributed by atoms with Crippen molar-refractivity contribution in [1.29, 1.82) is 0 Å². The van der Waals surface area contributed by atoms with Gasteiger partial charge in [0.1, 0.15) is 12.1 Å². The second kappa shape index (κ2) is 5.81. The molecule has 0 atom stereocenters.